The van der Waals surface area contributed by atoms with E-state index >= 15 is 0 Å². The first-order valence-corrected chi connectivity index (χ1v) is 6.62. The molecule has 0 radical (unpaired) electrons. The number of piperazine rings is 1. The van der Waals surface area contributed by atoms with E-state index in [0.717, 1.165) is 42.5 Å². The molecule has 0 atom stereocenters. The molecule has 2 heterocycles. The van der Waals surface area contributed by atoms with Crippen LogP contribution >= 0.6 is 0 Å². The molecule has 3 rings (SSSR count). The fourth-order valence-electron chi connectivity index (χ4n) is 2.59. The van der Waals surface area contributed by atoms with Crippen molar-refractivity contribution in [3.05, 3.63) is 41.7 Å². The van der Waals surface area contributed by atoms with Gasteiger partial charge in [-0.15, -0.1) is 0 Å². The van der Waals surface area contributed by atoms with Gasteiger partial charge in [-0.1, -0.05) is 18.2 Å². The van der Waals surface area contributed by atoms with Crippen LogP contribution in [0.5, 0.6) is 0 Å². The van der Waals surface area contributed by atoms with E-state index in [1.54, 1.807) is 6.20 Å². The minimum absolute atomic E-state index is 0.0430. The predicted molar refractivity (Wildman–Crippen MR) is 75.3 cm³/mol. The van der Waals surface area contributed by atoms with Crippen molar-refractivity contribution < 1.29 is 4.79 Å². The van der Waals surface area contributed by atoms with Gasteiger partial charge in [0.25, 0.3) is 5.91 Å². The Morgan fingerprint density at radius 2 is 2.05 bits per heavy atom. The van der Waals surface area contributed by atoms with Gasteiger partial charge in [0.15, 0.2) is 0 Å². The highest BCUT2D eigenvalue weighted by Crippen LogP contribution is 2.22. The van der Waals surface area contributed by atoms with Crippen LogP contribution in [-0.4, -0.2) is 42.0 Å². The summed E-state index contributed by atoms with van der Waals surface area (Å²) >= 11 is 0. The number of rotatable bonds is 1. The third kappa shape index (κ3) is 2.19. The summed E-state index contributed by atoms with van der Waals surface area (Å²) in [6.07, 6.45) is 1.72. The highest BCUT2D eigenvalue weighted by atomic mass is 16.2. The number of nitrogens with one attached hydrogen (secondary N) is 1. The smallest absolute Gasteiger partial charge is 0.273 e. The Balaban J connectivity index is 2.06. The average molecular weight is 255 g/mol. The van der Waals surface area contributed by atoms with Gasteiger partial charge in [-0.3, -0.25) is 9.78 Å². The molecule has 2 aromatic rings. The Bertz CT molecular complexity index is 613. The number of hydrogen-bond acceptors (Lipinski definition) is 3. The Labute approximate surface area is 112 Å². The van der Waals surface area contributed by atoms with Crippen molar-refractivity contribution in [3.8, 4) is 0 Å². The lowest BCUT2D eigenvalue weighted by molar-refractivity contribution is 0.0732. The largest absolute Gasteiger partial charge is 0.335 e. The summed E-state index contributed by atoms with van der Waals surface area (Å²) in [5.74, 6) is 0.0430. The third-order valence-corrected chi connectivity index (χ3v) is 3.61. The van der Waals surface area contributed by atoms with Crippen LogP contribution in [0.4, 0.5) is 0 Å². The second kappa shape index (κ2) is 4.97. The van der Waals surface area contributed by atoms with Crippen LogP contribution < -0.4 is 5.32 Å². The number of benzene rings is 1. The predicted octanol–water partition coefficient (Wildman–Crippen LogP) is 1.59. The van der Waals surface area contributed by atoms with E-state index in [-0.39, 0.29) is 5.91 Å². The summed E-state index contributed by atoms with van der Waals surface area (Å²) in [5.41, 5.74) is 1.68. The van der Waals surface area contributed by atoms with Gasteiger partial charge in [-0.2, -0.15) is 0 Å². The lowest BCUT2D eigenvalue weighted by Crippen LogP contribution is -2.46. The van der Waals surface area contributed by atoms with E-state index in [9.17, 15) is 4.79 Å². The molecule has 4 heteroatoms. The maximum Gasteiger partial charge on any atom is 0.273 e. The highest BCUT2D eigenvalue weighted by Gasteiger charge is 2.21. The molecular formula is C15H17N3O. The molecule has 0 aliphatic carbocycles. The lowest BCUT2D eigenvalue weighted by atomic mass is 10.0. The number of aryl methyl sites for hydroxylation is 1. The molecule has 98 valence electrons. The number of hydrogen-bond donors (Lipinski definition) is 1. The van der Waals surface area contributed by atoms with Crippen molar-refractivity contribution in [2.75, 3.05) is 26.2 Å². The number of aromatic nitrogens is 1. The van der Waals surface area contributed by atoms with Crippen LogP contribution in [0.15, 0.2) is 30.5 Å². The molecular weight excluding hydrogens is 238 g/mol. The first-order valence-electron chi connectivity index (χ1n) is 6.62. The summed E-state index contributed by atoms with van der Waals surface area (Å²) in [4.78, 5) is 18.8. The van der Waals surface area contributed by atoms with Gasteiger partial charge in [0, 0.05) is 37.8 Å². The van der Waals surface area contributed by atoms with Gasteiger partial charge in [-0.05, 0) is 23.9 Å². The van der Waals surface area contributed by atoms with Gasteiger partial charge in [-0.25, -0.2) is 0 Å². The number of pyridine rings is 1. The molecule has 4 nitrogen and oxygen atoms in total. The van der Waals surface area contributed by atoms with Crippen LogP contribution in [-0.2, 0) is 0 Å². The molecule has 1 aliphatic heterocycles. The monoisotopic (exact) mass is 255 g/mol. The standard InChI is InChI=1S/C15H17N3O/c1-11-3-2-4-12-5-6-17-14(13(11)12)15(19)18-9-7-16-8-10-18/h2-6,16H,7-10H2,1H3. The second-order valence-electron chi connectivity index (χ2n) is 4.87. The van der Waals surface area contributed by atoms with Crippen molar-refractivity contribution in [2.24, 2.45) is 0 Å². The summed E-state index contributed by atoms with van der Waals surface area (Å²) in [5, 5.41) is 5.31. The van der Waals surface area contributed by atoms with E-state index in [2.05, 4.69) is 10.3 Å². The molecule has 1 aliphatic rings. The highest BCUT2D eigenvalue weighted by molar-refractivity contribution is 6.06. The average Bonchev–Trinajstić information content (AvgIpc) is 2.47. The maximum atomic E-state index is 12.6. The summed E-state index contributed by atoms with van der Waals surface area (Å²) in [6, 6.07) is 8.02. The SMILES string of the molecule is Cc1cccc2ccnc(C(=O)N3CCNCC3)c12. The van der Waals surface area contributed by atoms with Crippen molar-refractivity contribution in [3.63, 3.8) is 0 Å². The van der Waals surface area contributed by atoms with E-state index in [0.29, 0.717) is 5.69 Å². The molecule has 0 saturated carbocycles. The number of amides is 1. The van der Waals surface area contributed by atoms with E-state index in [4.69, 9.17) is 0 Å². The molecule has 0 bridgehead atoms. The second-order valence-corrected chi connectivity index (χ2v) is 4.87. The molecule has 1 saturated heterocycles. The zero-order chi connectivity index (χ0) is 13.2. The van der Waals surface area contributed by atoms with Gasteiger partial charge in [0.1, 0.15) is 5.69 Å². The van der Waals surface area contributed by atoms with E-state index in [1.165, 1.54) is 0 Å². The molecule has 1 aromatic heterocycles. The number of nitrogens with zero attached hydrogens (tertiary/aromatic N) is 2. The maximum absolute atomic E-state index is 12.6. The zero-order valence-electron chi connectivity index (χ0n) is 11.0. The van der Waals surface area contributed by atoms with Gasteiger partial charge in [0.05, 0.1) is 0 Å². The minimum Gasteiger partial charge on any atom is -0.335 e. The fraction of sp³-hybridized carbons (Fsp3) is 0.333. The van der Waals surface area contributed by atoms with Gasteiger partial charge < -0.3 is 10.2 Å². The topological polar surface area (TPSA) is 45.2 Å². The Hall–Kier alpha value is -1.94. The van der Waals surface area contributed by atoms with E-state index < -0.39 is 0 Å². The minimum atomic E-state index is 0.0430. The van der Waals surface area contributed by atoms with Crippen LogP contribution in [0.2, 0.25) is 0 Å². The van der Waals surface area contributed by atoms with Gasteiger partial charge in [0.2, 0.25) is 0 Å². The molecule has 19 heavy (non-hydrogen) atoms. The molecule has 0 unspecified atom stereocenters. The first kappa shape index (κ1) is 12.1. The Morgan fingerprint density at radius 1 is 1.26 bits per heavy atom. The summed E-state index contributed by atoms with van der Waals surface area (Å²) < 4.78 is 0. The third-order valence-electron chi connectivity index (χ3n) is 3.61. The zero-order valence-corrected chi connectivity index (χ0v) is 11.0. The Kier molecular flexibility index (Phi) is 3.17. The number of fused-ring (bicyclic) bond motifs is 1. The van der Waals surface area contributed by atoms with Crippen molar-refractivity contribution in [1.29, 1.82) is 0 Å². The van der Waals surface area contributed by atoms with E-state index in [1.807, 2.05) is 36.1 Å². The quantitative estimate of drug-likeness (QED) is 0.841. The Morgan fingerprint density at radius 3 is 2.84 bits per heavy atom. The van der Waals surface area contributed by atoms with Gasteiger partial charge >= 0.3 is 0 Å². The first-order chi connectivity index (χ1) is 9.27. The molecule has 0 spiro atoms. The van der Waals surface area contributed by atoms with Crippen LogP contribution in [0.1, 0.15) is 16.1 Å². The van der Waals surface area contributed by atoms with Crippen molar-refractivity contribution in [1.82, 2.24) is 15.2 Å². The fourth-order valence-corrected chi connectivity index (χ4v) is 2.59. The molecule has 1 fully saturated rings. The summed E-state index contributed by atoms with van der Waals surface area (Å²) in [7, 11) is 0. The molecule has 1 aromatic carbocycles. The normalized spacial score (nSPS) is 15.7. The lowest BCUT2D eigenvalue weighted by Gasteiger charge is -2.27. The van der Waals surface area contributed by atoms with Crippen LogP contribution in [0.3, 0.4) is 0 Å². The van der Waals surface area contributed by atoms with Crippen LogP contribution in [0, 0.1) is 6.92 Å². The van der Waals surface area contributed by atoms with Crippen molar-refractivity contribution in [2.45, 2.75) is 6.92 Å². The number of carbonyl (C=O) groups excluding carboxylic acids is 1. The van der Waals surface area contributed by atoms with Crippen molar-refractivity contribution >= 4 is 16.7 Å². The number of carbonyl (C=O) groups is 1. The summed E-state index contributed by atoms with van der Waals surface area (Å²) in [6.45, 7) is 5.25. The molecule has 1 amide bonds. The van der Waals surface area contributed by atoms with Crippen LogP contribution in [0.25, 0.3) is 10.8 Å². The molecule has 1 N–H and O–H groups in total.